The van der Waals surface area contributed by atoms with E-state index in [0.29, 0.717) is 18.5 Å². The number of carbonyl (C=O) groups is 2. The zero-order chi connectivity index (χ0) is 14.4. The number of carbonyl (C=O) groups excluding carboxylic acids is 2. The number of nitrogens with one attached hydrogen (secondary N) is 1. The predicted octanol–water partition coefficient (Wildman–Crippen LogP) is 0.790. The zero-order valence-corrected chi connectivity index (χ0v) is 11.4. The maximum absolute atomic E-state index is 12.5. The van der Waals surface area contributed by atoms with E-state index in [9.17, 15) is 9.59 Å². The van der Waals surface area contributed by atoms with Crippen molar-refractivity contribution in [3.63, 3.8) is 0 Å². The van der Waals surface area contributed by atoms with Gasteiger partial charge in [0, 0.05) is 18.7 Å². The number of amides is 2. The second-order valence-electron chi connectivity index (χ2n) is 4.89. The van der Waals surface area contributed by atoms with Crippen molar-refractivity contribution in [3.05, 3.63) is 35.9 Å². The van der Waals surface area contributed by atoms with Gasteiger partial charge in [0.1, 0.15) is 6.04 Å². The average Bonchev–Trinajstić information content (AvgIpc) is 2.52. The average molecular weight is 276 g/mol. The van der Waals surface area contributed by atoms with Crippen LogP contribution in [-0.4, -0.2) is 47.6 Å². The molecule has 1 atom stereocenters. The first-order valence-corrected chi connectivity index (χ1v) is 6.98. The van der Waals surface area contributed by atoms with E-state index in [2.05, 4.69) is 5.32 Å². The lowest BCUT2D eigenvalue weighted by Gasteiger charge is -2.34. The molecule has 108 valence electrons. The molecule has 0 aromatic heterocycles. The number of aliphatic hydroxyl groups excluding tert-OH is 1. The van der Waals surface area contributed by atoms with Crippen molar-refractivity contribution in [1.82, 2.24) is 10.2 Å². The first-order chi connectivity index (χ1) is 9.74. The van der Waals surface area contributed by atoms with Crippen molar-refractivity contribution >= 4 is 11.8 Å². The molecular formula is C15H20N2O3. The third-order valence-electron chi connectivity index (χ3n) is 3.50. The van der Waals surface area contributed by atoms with E-state index in [-0.39, 0.29) is 25.0 Å². The lowest BCUT2D eigenvalue weighted by Crippen LogP contribution is -2.52. The Morgan fingerprint density at radius 1 is 1.25 bits per heavy atom. The van der Waals surface area contributed by atoms with E-state index >= 15 is 0 Å². The molecule has 0 spiro atoms. The molecule has 20 heavy (non-hydrogen) atoms. The monoisotopic (exact) mass is 276 g/mol. The minimum absolute atomic E-state index is 0.0922. The quantitative estimate of drug-likeness (QED) is 0.854. The molecule has 1 unspecified atom stereocenters. The Morgan fingerprint density at radius 2 is 2.00 bits per heavy atom. The van der Waals surface area contributed by atoms with Gasteiger partial charge in [-0.1, -0.05) is 18.2 Å². The minimum atomic E-state index is -0.428. The summed E-state index contributed by atoms with van der Waals surface area (Å²) in [4.78, 5) is 26.2. The second-order valence-corrected chi connectivity index (χ2v) is 4.89. The normalized spacial score (nSPS) is 18.6. The van der Waals surface area contributed by atoms with Crippen molar-refractivity contribution in [2.45, 2.75) is 25.3 Å². The third-order valence-corrected chi connectivity index (χ3v) is 3.50. The molecule has 2 rings (SSSR count). The third kappa shape index (κ3) is 3.36. The van der Waals surface area contributed by atoms with Crippen molar-refractivity contribution in [1.29, 1.82) is 0 Å². The van der Waals surface area contributed by atoms with Crippen LogP contribution in [0.4, 0.5) is 0 Å². The Balaban J connectivity index is 2.10. The number of benzene rings is 1. The Morgan fingerprint density at radius 3 is 2.70 bits per heavy atom. The van der Waals surface area contributed by atoms with Crippen LogP contribution >= 0.6 is 0 Å². The Bertz CT molecular complexity index is 461. The Kier molecular flexibility index (Phi) is 5.12. The van der Waals surface area contributed by atoms with Crippen molar-refractivity contribution in [3.8, 4) is 0 Å². The van der Waals surface area contributed by atoms with Gasteiger partial charge in [-0.25, -0.2) is 0 Å². The predicted molar refractivity (Wildman–Crippen MR) is 75.2 cm³/mol. The van der Waals surface area contributed by atoms with E-state index in [0.717, 1.165) is 12.8 Å². The topological polar surface area (TPSA) is 69.6 Å². The molecule has 1 heterocycles. The smallest absolute Gasteiger partial charge is 0.254 e. The molecular weight excluding hydrogens is 256 g/mol. The van der Waals surface area contributed by atoms with E-state index in [1.54, 1.807) is 17.0 Å². The summed E-state index contributed by atoms with van der Waals surface area (Å²) in [6.07, 6.45) is 2.54. The van der Waals surface area contributed by atoms with E-state index in [4.69, 9.17) is 5.11 Å². The number of nitrogens with zero attached hydrogens (tertiary/aromatic N) is 1. The molecule has 2 amide bonds. The van der Waals surface area contributed by atoms with Crippen LogP contribution in [0.2, 0.25) is 0 Å². The second kappa shape index (κ2) is 7.05. The van der Waals surface area contributed by atoms with Gasteiger partial charge in [0.05, 0.1) is 6.61 Å². The summed E-state index contributed by atoms with van der Waals surface area (Å²) in [6, 6.07) is 8.59. The molecule has 5 heteroatoms. The zero-order valence-electron chi connectivity index (χ0n) is 11.4. The van der Waals surface area contributed by atoms with Crippen LogP contribution in [0.25, 0.3) is 0 Å². The van der Waals surface area contributed by atoms with Crippen molar-refractivity contribution < 1.29 is 14.7 Å². The summed E-state index contributed by atoms with van der Waals surface area (Å²) in [5.74, 6) is -0.280. The van der Waals surface area contributed by atoms with Crippen molar-refractivity contribution in [2.24, 2.45) is 0 Å². The van der Waals surface area contributed by atoms with Gasteiger partial charge in [-0.15, -0.1) is 0 Å². The van der Waals surface area contributed by atoms with Gasteiger partial charge in [0.2, 0.25) is 5.91 Å². The Hall–Kier alpha value is -1.88. The van der Waals surface area contributed by atoms with Crippen LogP contribution in [0.3, 0.4) is 0 Å². The van der Waals surface area contributed by atoms with Gasteiger partial charge >= 0.3 is 0 Å². The van der Waals surface area contributed by atoms with Crippen LogP contribution in [-0.2, 0) is 4.79 Å². The van der Waals surface area contributed by atoms with E-state index < -0.39 is 6.04 Å². The molecule has 1 aromatic carbocycles. The molecule has 1 saturated heterocycles. The summed E-state index contributed by atoms with van der Waals surface area (Å²) in [5, 5.41) is 11.4. The van der Waals surface area contributed by atoms with Crippen LogP contribution in [0.5, 0.6) is 0 Å². The van der Waals surface area contributed by atoms with E-state index in [1.807, 2.05) is 18.2 Å². The largest absolute Gasteiger partial charge is 0.395 e. The lowest BCUT2D eigenvalue weighted by molar-refractivity contribution is -0.126. The van der Waals surface area contributed by atoms with Gasteiger partial charge in [0.15, 0.2) is 0 Å². The first-order valence-electron chi connectivity index (χ1n) is 6.98. The molecule has 0 aliphatic carbocycles. The number of likely N-dealkylation sites (tertiary alicyclic amines) is 1. The summed E-state index contributed by atoms with van der Waals surface area (Å²) < 4.78 is 0. The van der Waals surface area contributed by atoms with Gasteiger partial charge < -0.3 is 15.3 Å². The van der Waals surface area contributed by atoms with Gasteiger partial charge in [-0.3, -0.25) is 9.59 Å². The summed E-state index contributed by atoms with van der Waals surface area (Å²) >= 11 is 0. The molecule has 1 aliphatic heterocycles. The molecule has 1 aliphatic rings. The van der Waals surface area contributed by atoms with E-state index in [1.165, 1.54) is 0 Å². The molecule has 1 aromatic rings. The summed E-state index contributed by atoms with van der Waals surface area (Å²) in [5.41, 5.74) is 0.606. The highest BCUT2D eigenvalue weighted by Crippen LogP contribution is 2.19. The van der Waals surface area contributed by atoms with Gasteiger partial charge in [-0.2, -0.15) is 0 Å². The fourth-order valence-corrected chi connectivity index (χ4v) is 2.49. The highest BCUT2D eigenvalue weighted by Gasteiger charge is 2.32. The maximum atomic E-state index is 12.5. The number of piperidine rings is 1. The SMILES string of the molecule is O=C(NCCO)C1CCCCN1C(=O)c1ccccc1. The number of aliphatic hydroxyl groups is 1. The van der Waals surface area contributed by atoms with Gasteiger partial charge in [-0.05, 0) is 31.4 Å². The summed E-state index contributed by atoms with van der Waals surface area (Å²) in [6.45, 7) is 0.735. The molecule has 5 nitrogen and oxygen atoms in total. The number of hydrogen-bond acceptors (Lipinski definition) is 3. The molecule has 1 fully saturated rings. The number of hydrogen-bond donors (Lipinski definition) is 2. The standard InChI is InChI=1S/C15H20N2O3/c18-11-9-16-14(19)13-8-4-5-10-17(13)15(20)12-6-2-1-3-7-12/h1-3,6-7,13,18H,4-5,8-11H2,(H,16,19). The maximum Gasteiger partial charge on any atom is 0.254 e. The molecule has 0 bridgehead atoms. The molecule has 0 saturated carbocycles. The van der Waals surface area contributed by atoms with Crippen LogP contribution in [0.15, 0.2) is 30.3 Å². The van der Waals surface area contributed by atoms with Gasteiger partial charge in [0.25, 0.3) is 5.91 Å². The fourth-order valence-electron chi connectivity index (χ4n) is 2.49. The van der Waals surface area contributed by atoms with Crippen molar-refractivity contribution in [2.75, 3.05) is 19.7 Å². The first kappa shape index (κ1) is 14.5. The Labute approximate surface area is 118 Å². The fraction of sp³-hybridized carbons (Fsp3) is 0.467. The van der Waals surface area contributed by atoms with Crippen LogP contribution < -0.4 is 5.32 Å². The minimum Gasteiger partial charge on any atom is -0.395 e. The highest BCUT2D eigenvalue weighted by molar-refractivity contribution is 5.97. The number of rotatable bonds is 4. The molecule has 0 radical (unpaired) electrons. The lowest BCUT2D eigenvalue weighted by atomic mass is 10.00. The molecule has 2 N–H and O–H groups in total. The highest BCUT2D eigenvalue weighted by atomic mass is 16.3. The van der Waals surface area contributed by atoms with Crippen LogP contribution in [0.1, 0.15) is 29.6 Å². The van der Waals surface area contributed by atoms with Crippen LogP contribution in [0, 0.1) is 0 Å². The summed E-state index contributed by atoms with van der Waals surface area (Å²) in [7, 11) is 0.